The molecule has 0 aromatic carbocycles. The number of ether oxygens (including phenoxy) is 1. The lowest BCUT2D eigenvalue weighted by molar-refractivity contribution is -0.140. The van der Waals surface area contributed by atoms with Crippen molar-refractivity contribution in [1.29, 1.82) is 0 Å². The van der Waals surface area contributed by atoms with Crippen molar-refractivity contribution in [2.24, 2.45) is 0 Å². The van der Waals surface area contributed by atoms with Crippen LogP contribution in [-0.4, -0.2) is 50.9 Å². The first-order valence-corrected chi connectivity index (χ1v) is 8.15. The summed E-state index contributed by atoms with van der Waals surface area (Å²) in [5.41, 5.74) is 1.82. The molecule has 1 amide bonds. The summed E-state index contributed by atoms with van der Waals surface area (Å²) >= 11 is 1.25. The Morgan fingerprint density at radius 2 is 2.13 bits per heavy atom. The van der Waals surface area contributed by atoms with Crippen LogP contribution in [0.1, 0.15) is 24.2 Å². The number of hydrogen-bond donors (Lipinski definition) is 1. The fourth-order valence-corrected chi connectivity index (χ4v) is 2.60. The number of nitrogens with zero attached hydrogens (tertiary/aromatic N) is 4. The van der Waals surface area contributed by atoms with Crippen LogP contribution in [0.3, 0.4) is 0 Å². The maximum Gasteiger partial charge on any atom is 0.305 e. The molecule has 8 nitrogen and oxygen atoms in total. The fraction of sp³-hybridized carbons (Fsp3) is 0.500. The molecule has 2 aromatic heterocycles. The number of carbonyl (C=O) groups excluding carboxylic acids is 2. The van der Waals surface area contributed by atoms with Gasteiger partial charge in [-0.3, -0.25) is 9.59 Å². The second-order valence-corrected chi connectivity index (χ2v) is 5.91. The predicted molar refractivity (Wildman–Crippen MR) is 85.2 cm³/mol. The number of thioether (sulfide) groups is 1. The molecule has 9 heteroatoms. The standard InChI is InChI=1S/C14H19N5O3S/c1-9-7-10(2)19-13(16-9)17-14(18-19)23-8-11(20)15-6-4-5-12(21)22-3/h7H,4-6,8H2,1-3H3,(H,15,20). The molecular formula is C14H19N5O3S. The zero-order valence-corrected chi connectivity index (χ0v) is 14.1. The largest absolute Gasteiger partial charge is 0.469 e. The zero-order valence-electron chi connectivity index (χ0n) is 13.3. The van der Waals surface area contributed by atoms with Gasteiger partial charge in [-0.15, -0.1) is 5.10 Å². The molecule has 0 radical (unpaired) electrons. The Morgan fingerprint density at radius 3 is 2.87 bits per heavy atom. The van der Waals surface area contributed by atoms with E-state index in [1.165, 1.54) is 18.9 Å². The highest BCUT2D eigenvalue weighted by Gasteiger charge is 2.10. The van der Waals surface area contributed by atoms with Gasteiger partial charge >= 0.3 is 5.97 Å². The van der Waals surface area contributed by atoms with Crippen LogP contribution in [0.25, 0.3) is 5.78 Å². The third kappa shape index (κ3) is 4.92. The summed E-state index contributed by atoms with van der Waals surface area (Å²) in [7, 11) is 1.34. The molecule has 2 aromatic rings. The van der Waals surface area contributed by atoms with E-state index in [0.717, 1.165) is 11.4 Å². The molecule has 0 bridgehead atoms. The lowest BCUT2D eigenvalue weighted by Crippen LogP contribution is -2.26. The summed E-state index contributed by atoms with van der Waals surface area (Å²) in [4.78, 5) is 31.3. The lowest BCUT2D eigenvalue weighted by Gasteiger charge is -2.03. The first-order chi connectivity index (χ1) is 11.0. The third-order valence-corrected chi connectivity index (χ3v) is 3.88. The maximum absolute atomic E-state index is 11.7. The van der Waals surface area contributed by atoms with Gasteiger partial charge in [0, 0.05) is 24.4 Å². The topological polar surface area (TPSA) is 98.5 Å². The number of esters is 1. The van der Waals surface area contributed by atoms with Crippen LogP contribution in [0.2, 0.25) is 0 Å². The molecule has 23 heavy (non-hydrogen) atoms. The Labute approximate surface area is 138 Å². The smallest absolute Gasteiger partial charge is 0.305 e. The molecule has 2 heterocycles. The number of aromatic nitrogens is 4. The van der Waals surface area contributed by atoms with E-state index < -0.39 is 0 Å². The fourth-order valence-electron chi connectivity index (χ4n) is 1.95. The predicted octanol–water partition coefficient (Wildman–Crippen LogP) is 0.903. The highest BCUT2D eigenvalue weighted by Crippen LogP contribution is 2.14. The van der Waals surface area contributed by atoms with Gasteiger partial charge in [0.05, 0.1) is 12.9 Å². The Kier molecular flexibility index (Phi) is 5.91. The summed E-state index contributed by atoms with van der Waals surface area (Å²) in [6, 6.07) is 1.92. The van der Waals surface area contributed by atoms with E-state index in [-0.39, 0.29) is 17.6 Å². The monoisotopic (exact) mass is 337 g/mol. The zero-order chi connectivity index (χ0) is 16.8. The molecule has 0 aliphatic rings. The summed E-state index contributed by atoms with van der Waals surface area (Å²) in [5.74, 6) is 0.344. The number of methoxy groups -OCH3 is 1. The molecule has 124 valence electrons. The second-order valence-electron chi connectivity index (χ2n) is 4.96. The normalized spacial score (nSPS) is 10.7. The van der Waals surface area contributed by atoms with Gasteiger partial charge in [0.1, 0.15) is 0 Å². The molecule has 0 aliphatic carbocycles. The van der Waals surface area contributed by atoms with Gasteiger partial charge in [0.2, 0.25) is 11.1 Å². The minimum atomic E-state index is -0.277. The summed E-state index contributed by atoms with van der Waals surface area (Å²) in [6.07, 6.45) is 0.848. The molecule has 0 saturated carbocycles. The number of fused-ring (bicyclic) bond motifs is 1. The lowest BCUT2D eigenvalue weighted by atomic mass is 10.3. The average Bonchev–Trinajstić information content (AvgIpc) is 2.92. The van der Waals surface area contributed by atoms with Gasteiger partial charge in [-0.05, 0) is 26.3 Å². The van der Waals surface area contributed by atoms with Crippen molar-refractivity contribution in [3.05, 3.63) is 17.5 Å². The molecule has 0 saturated heterocycles. The number of amides is 1. The second kappa shape index (κ2) is 7.91. The van der Waals surface area contributed by atoms with Gasteiger partial charge in [0.25, 0.3) is 5.78 Å². The summed E-state index contributed by atoms with van der Waals surface area (Å²) in [6.45, 7) is 4.27. The van der Waals surface area contributed by atoms with Crippen LogP contribution in [0.5, 0.6) is 0 Å². The van der Waals surface area contributed by atoms with Crippen LogP contribution in [0.15, 0.2) is 11.2 Å². The van der Waals surface area contributed by atoms with Crippen molar-refractivity contribution in [1.82, 2.24) is 24.9 Å². The van der Waals surface area contributed by atoms with E-state index in [1.54, 1.807) is 4.52 Å². The van der Waals surface area contributed by atoms with E-state index in [0.29, 0.717) is 30.3 Å². The SMILES string of the molecule is COC(=O)CCCNC(=O)CSc1nc2nc(C)cc(C)n2n1. The number of rotatable bonds is 7. The number of aryl methyl sites for hydroxylation is 2. The molecule has 0 spiro atoms. The molecule has 1 N–H and O–H groups in total. The van der Waals surface area contributed by atoms with Crippen molar-refractivity contribution in [2.45, 2.75) is 31.8 Å². The highest BCUT2D eigenvalue weighted by atomic mass is 32.2. The van der Waals surface area contributed by atoms with Gasteiger partial charge in [0.15, 0.2) is 0 Å². The molecule has 0 unspecified atom stereocenters. The van der Waals surface area contributed by atoms with E-state index in [4.69, 9.17) is 0 Å². The molecule has 2 rings (SSSR count). The first kappa shape index (κ1) is 17.2. The molecule has 0 aliphatic heterocycles. The van der Waals surface area contributed by atoms with Crippen LogP contribution >= 0.6 is 11.8 Å². The molecular weight excluding hydrogens is 318 g/mol. The van der Waals surface area contributed by atoms with E-state index in [1.807, 2.05) is 19.9 Å². The van der Waals surface area contributed by atoms with E-state index in [2.05, 4.69) is 25.1 Å². The molecule has 0 atom stereocenters. The van der Waals surface area contributed by atoms with Crippen molar-refractivity contribution >= 4 is 29.4 Å². The van der Waals surface area contributed by atoms with Gasteiger partial charge in [-0.25, -0.2) is 9.50 Å². The number of carbonyl (C=O) groups is 2. The van der Waals surface area contributed by atoms with Crippen LogP contribution in [0, 0.1) is 13.8 Å². The number of hydrogen-bond acceptors (Lipinski definition) is 7. The van der Waals surface area contributed by atoms with Gasteiger partial charge in [-0.2, -0.15) is 4.98 Å². The Morgan fingerprint density at radius 1 is 1.35 bits per heavy atom. The van der Waals surface area contributed by atoms with E-state index >= 15 is 0 Å². The Hall–Kier alpha value is -2.16. The van der Waals surface area contributed by atoms with E-state index in [9.17, 15) is 9.59 Å². The highest BCUT2D eigenvalue weighted by molar-refractivity contribution is 7.99. The number of nitrogens with one attached hydrogen (secondary N) is 1. The maximum atomic E-state index is 11.7. The summed E-state index contributed by atoms with van der Waals surface area (Å²) in [5, 5.41) is 7.57. The van der Waals surface area contributed by atoms with Crippen molar-refractivity contribution in [3.63, 3.8) is 0 Å². The third-order valence-electron chi connectivity index (χ3n) is 3.04. The molecule has 0 fully saturated rings. The summed E-state index contributed by atoms with van der Waals surface area (Å²) < 4.78 is 6.19. The average molecular weight is 337 g/mol. The Balaban J connectivity index is 1.80. The van der Waals surface area contributed by atoms with Crippen LogP contribution < -0.4 is 5.32 Å². The van der Waals surface area contributed by atoms with Crippen molar-refractivity contribution < 1.29 is 14.3 Å². The minimum absolute atomic E-state index is 0.125. The quantitative estimate of drug-likeness (QED) is 0.455. The van der Waals surface area contributed by atoms with Gasteiger partial charge in [-0.1, -0.05) is 11.8 Å². The van der Waals surface area contributed by atoms with Crippen LogP contribution in [0.4, 0.5) is 0 Å². The minimum Gasteiger partial charge on any atom is -0.469 e. The van der Waals surface area contributed by atoms with Crippen LogP contribution in [-0.2, 0) is 14.3 Å². The Bertz CT molecular complexity index is 716. The first-order valence-electron chi connectivity index (χ1n) is 7.17. The van der Waals surface area contributed by atoms with Crippen molar-refractivity contribution in [3.8, 4) is 0 Å². The van der Waals surface area contributed by atoms with Crippen molar-refractivity contribution in [2.75, 3.05) is 19.4 Å². The van der Waals surface area contributed by atoms with Gasteiger partial charge < -0.3 is 10.1 Å².